The van der Waals surface area contributed by atoms with Crippen LogP contribution in [0.4, 0.5) is 0 Å². The van der Waals surface area contributed by atoms with Crippen LogP contribution in [0.25, 0.3) is 0 Å². The fourth-order valence-electron chi connectivity index (χ4n) is 3.41. The van der Waals surface area contributed by atoms with Crippen LogP contribution in [-0.2, 0) is 4.79 Å². The first-order chi connectivity index (χ1) is 9.89. The summed E-state index contributed by atoms with van der Waals surface area (Å²) in [5.41, 5.74) is 0.432. The molecule has 21 heavy (non-hydrogen) atoms. The van der Waals surface area contributed by atoms with Crippen molar-refractivity contribution in [2.75, 3.05) is 32.7 Å². The van der Waals surface area contributed by atoms with E-state index in [0.29, 0.717) is 11.3 Å². The lowest BCUT2D eigenvalue weighted by Crippen LogP contribution is -2.46. The maximum Gasteiger partial charge on any atom is 0.223 e. The Bertz CT molecular complexity index is 342. The largest absolute Gasteiger partial charge is 0.353 e. The number of piperidine rings is 1. The number of hydrogen-bond donors (Lipinski definition) is 2. The van der Waals surface area contributed by atoms with Gasteiger partial charge in [-0.1, -0.05) is 20.8 Å². The summed E-state index contributed by atoms with van der Waals surface area (Å²) < 4.78 is 0. The van der Waals surface area contributed by atoms with Crippen LogP contribution in [0.1, 0.15) is 47.0 Å². The highest BCUT2D eigenvalue weighted by atomic mass is 16.1. The van der Waals surface area contributed by atoms with Crippen molar-refractivity contribution in [2.24, 2.45) is 17.3 Å². The Balaban J connectivity index is 1.74. The van der Waals surface area contributed by atoms with Crippen LogP contribution < -0.4 is 10.6 Å². The standard InChI is InChI=1S/C17H33N3O/c1-13(2)14(3)19-16(21)15-5-9-20(10-6-15)12-17(4)7-8-18-11-17/h13-15,18H,5-12H2,1-4H3,(H,19,21). The Labute approximate surface area is 130 Å². The fourth-order valence-corrected chi connectivity index (χ4v) is 3.41. The van der Waals surface area contributed by atoms with E-state index in [-0.39, 0.29) is 17.9 Å². The van der Waals surface area contributed by atoms with Crippen LogP contribution >= 0.6 is 0 Å². The molecule has 4 nitrogen and oxygen atoms in total. The molecule has 2 atom stereocenters. The number of nitrogens with zero attached hydrogens (tertiary/aromatic N) is 1. The Morgan fingerprint density at radius 2 is 2.00 bits per heavy atom. The predicted molar refractivity (Wildman–Crippen MR) is 87.2 cm³/mol. The molecule has 2 fully saturated rings. The van der Waals surface area contributed by atoms with Crippen molar-refractivity contribution in [2.45, 2.75) is 53.0 Å². The Morgan fingerprint density at radius 3 is 2.52 bits per heavy atom. The molecule has 0 bridgehead atoms. The van der Waals surface area contributed by atoms with Crippen LogP contribution in [0.2, 0.25) is 0 Å². The number of rotatable bonds is 5. The third-order valence-electron chi connectivity index (χ3n) is 5.39. The summed E-state index contributed by atoms with van der Waals surface area (Å²) in [7, 11) is 0. The lowest BCUT2D eigenvalue weighted by molar-refractivity contribution is -0.127. The van der Waals surface area contributed by atoms with Gasteiger partial charge in [-0.25, -0.2) is 0 Å². The molecule has 0 aromatic carbocycles. The Morgan fingerprint density at radius 1 is 1.33 bits per heavy atom. The van der Waals surface area contributed by atoms with Crippen molar-refractivity contribution >= 4 is 5.91 Å². The van der Waals surface area contributed by atoms with E-state index in [1.165, 1.54) is 13.0 Å². The molecule has 0 saturated carbocycles. The van der Waals surface area contributed by atoms with E-state index in [9.17, 15) is 4.79 Å². The zero-order valence-corrected chi connectivity index (χ0v) is 14.2. The number of nitrogens with one attached hydrogen (secondary N) is 2. The number of hydrogen-bond acceptors (Lipinski definition) is 3. The summed E-state index contributed by atoms with van der Waals surface area (Å²) in [4.78, 5) is 14.8. The number of carbonyl (C=O) groups excluding carboxylic acids is 1. The van der Waals surface area contributed by atoms with Gasteiger partial charge in [0, 0.05) is 25.0 Å². The van der Waals surface area contributed by atoms with E-state index in [0.717, 1.165) is 39.0 Å². The topological polar surface area (TPSA) is 44.4 Å². The first-order valence-corrected chi connectivity index (χ1v) is 8.63. The van der Waals surface area contributed by atoms with Gasteiger partial charge in [-0.05, 0) is 57.2 Å². The summed E-state index contributed by atoms with van der Waals surface area (Å²) in [6.07, 6.45) is 3.31. The molecule has 2 aliphatic heterocycles. The van der Waals surface area contributed by atoms with Crippen molar-refractivity contribution in [3.63, 3.8) is 0 Å². The summed E-state index contributed by atoms with van der Waals surface area (Å²) in [6.45, 7) is 14.4. The first-order valence-electron chi connectivity index (χ1n) is 8.63. The molecule has 2 saturated heterocycles. The van der Waals surface area contributed by atoms with Crippen molar-refractivity contribution in [3.8, 4) is 0 Å². The van der Waals surface area contributed by atoms with Gasteiger partial charge in [-0.3, -0.25) is 4.79 Å². The minimum Gasteiger partial charge on any atom is -0.353 e. The van der Waals surface area contributed by atoms with Gasteiger partial charge in [0.2, 0.25) is 5.91 Å². The van der Waals surface area contributed by atoms with E-state index >= 15 is 0 Å². The molecule has 2 heterocycles. The molecule has 2 aliphatic rings. The molecular weight excluding hydrogens is 262 g/mol. The molecule has 0 spiro atoms. The lowest BCUT2D eigenvalue weighted by atomic mass is 9.87. The first kappa shape index (κ1) is 16.8. The average Bonchev–Trinajstić information content (AvgIpc) is 2.85. The van der Waals surface area contributed by atoms with Crippen molar-refractivity contribution in [3.05, 3.63) is 0 Å². The molecule has 0 aromatic heterocycles. The smallest absolute Gasteiger partial charge is 0.223 e. The van der Waals surface area contributed by atoms with Crippen molar-refractivity contribution in [1.82, 2.24) is 15.5 Å². The van der Waals surface area contributed by atoms with Gasteiger partial charge < -0.3 is 15.5 Å². The highest BCUT2D eigenvalue weighted by Gasteiger charge is 2.33. The van der Waals surface area contributed by atoms with Gasteiger partial charge in [0.25, 0.3) is 0 Å². The van der Waals surface area contributed by atoms with Crippen LogP contribution in [0.15, 0.2) is 0 Å². The molecule has 122 valence electrons. The van der Waals surface area contributed by atoms with Crippen LogP contribution in [0.5, 0.6) is 0 Å². The van der Waals surface area contributed by atoms with Crippen LogP contribution in [0.3, 0.4) is 0 Å². The zero-order valence-electron chi connectivity index (χ0n) is 14.2. The second-order valence-electron chi connectivity index (χ2n) is 7.83. The summed E-state index contributed by atoms with van der Waals surface area (Å²) in [6, 6.07) is 0.277. The molecular formula is C17H33N3O. The van der Waals surface area contributed by atoms with Crippen molar-refractivity contribution < 1.29 is 4.79 Å². The van der Waals surface area contributed by atoms with Crippen molar-refractivity contribution in [1.29, 1.82) is 0 Å². The number of carbonyl (C=O) groups is 1. The quantitative estimate of drug-likeness (QED) is 0.814. The number of amides is 1. The van der Waals surface area contributed by atoms with Gasteiger partial charge in [0.1, 0.15) is 0 Å². The minimum absolute atomic E-state index is 0.219. The third kappa shape index (κ3) is 4.68. The van der Waals surface area contributed by atoms with Gasteiger partial charge in [0.05, 0.1) is 0 Å². The minimum atomic E-state index is 0.219. The normalized spacial score (nSPS) is 29.8. The van der Waals surface area contributed by atoms with E-state index in [1.807, 2.05) is 0 Å². The third-order valence-corrected chi connectivity index (χ3v) is 5.39. The van der Waals surface area contributed by atoms with Gasteiger partial charge in [-0.2, -0.15) is 0 Å². The van der Waals surface area contributed by atoms with E-state index in [2.05, 4.69) is 43.2 Å². The molecule has 4 heteroatoms. The Hall–Kier alpha value is -0.610. The summed E-state index contributed by atoms with van der Waals surface area (Å²) >= 11 is 0. The Kier molecular flexibility index (Phi) is 5.67. The second-order valence-corrected chi connectivity index (χ2v) is 7.83. The number of likely N-dealkylation sites (tertiary alicyclic amines) is 1. The predicted octanol–water partition coefficient (Wildman–Crippen LogP) is 1.86. The van der Waals surface area contributed by atoms with Crippen LogP contribution in [-0.4, -0.2) is 49.6 Å². The van der Waals surface area contributed by atoms with Gasteiger partial charge in [0.15, 0.2) is 0 Å². The second kappa shape index (κ2) is 7.10. The molecule has 2 rings (SSSR count). The monoisotopic (exact) mass is 295 g/mol. The zero-order chi connectivity index (χ0) is 15.5. The van der Waals surface area contributed by atoms with E-state index < -0.39 is 0 Å². The lowest BCUT2D eigenvalue weighted by Gasteiger charge is -2.37. The highest BCUT2D eigenvalue weighted by Crippen LogP contribution is 2.28. The maximum atomic E-state index is 12.3. The van der Waals surface area contributed by atoms with Gasteiger partial charge >= 0.3 is 0 Å². The van der Waals surface area contributed by atoms with E-state index in [4.69, 9.17) is 0 Å². The molecule has 0 aliphatic carbocycles. The molecule has 0 radical (unpaired) electrons. The molecule has 2 unspecified atom stereocenters. The van der Waals surface area contributed by atoms with E-state index in [1.54, 1.807) is 0 Å². The molecule has 1 amide bonds. The van der Waals surface area contributed by atoms with Gasteiger partial charge in [-0.15, -0.1) is 0 Å². The summed E-state index contributed by atoms with van der Waals surface area (Å²) in [5, 5.41) is 6.65. The maximum absolute atomic E-state index is 12.3. The molecule has 2 N–H and O–H groups in total. The average molecular weight is 295 g/mol. The summed E-state index contributed by atoms with van der Waals surface area (Å²) in [5.74, 6) is 0.991. The van der Waals surface area contributed by atoms with Crippen LogP contribution in [0, 0.1) is 17.3 Å². The fraction of sp³-hybridized carbons (Fsp3) is 0.941. The molecule has 0 aromatic rings. The highest BCUT2D eigenvalue weighted by molar-refractivity contribution is 5.79. The SMILES string of the molecule is CC(C)C(C)NC(=O)C1CCN(CC2(C)CCNC2)CC1.